The molecule has 1 aromatic carbocycles. The molecule has 1 N–H and O–H groups in total. The van der Waals surface area contributed by atoms with Crippen LogP contribution in [0.15, 0.2) is 28.7 Å². The lowest BCUT2D eigenvalue weighted by atomic mass is 10.3. The molecule has 0 unspecified atom stereocenters. The van der Waals surface area contributed by atoms with Gasteiger partial charge in [-0.25, -0.2) is 18.1 Å². The number of fused-ring (bicyclic) bond motifs is 1. The number of aromatic nitrogens is 1. The van der Waals surface area contributed by atoms with Crippen LogP contribution in [0.2, 0.25) is 0 Å². The Hall–Kier alpha value is -1.44. The van der Waals surface area contributed by atoms with Crippen molar-refractivity contribution in [1.82, 2.24) is 14.6 Å². The second-order valence-corrected chi connectivity index (χ2v) is 8.41. The highest BCUT2D eigenvalue weighted by Gasteiger charge is 2.36. The first-order valence-electron chi connectivity index (χ1n) is 7.97. The van der Waals surface area contributed by atoms with Gasteiger partial charge in [0.2, 0.25) is 15.9 Å². The molecular weight excluding hydrogens is 314 g/mol. The van der Waals surface area contributed by atoms with E-state index in [4.69, 9.17) is 4.42 Å². The van der Waals surface area contributed by atoms with Gasteiger partial charge >= 0.3 is 0 Å². The largest absolute Gasteiger partial charge is 0.439 e. The van der Waals surface area contributed by atoms with Gasteiger partial charge in [-0.15, -0.1) is 0 Å². The van der Waals surface area contributed by atoms with Crippen LogP contribution in [0.3, 0.4) is 0 Å². The van der Waals surface area contributed by atoms with Crippen molar-refractivity contribution in [2.45, 2.75) is 44.5 Å². The van der Waals surface area contributed by atoms with Crippen LogP contribution >= 0.6 is 0 Å². The molecule has 1 aliphatic rings. The quantitative estimate of drug-likeness (QED) is 0.906. The van der Waals surface area contributed by atoms with Gasteiger partial charge in [0.15, 0.2) is 5.58 Å². The summed E-state index contributed by atoms with van der Waals surface area (Å²) in [6, 6.07) is 7.53. The van der Waals surface area contributed by atoms with Crippen molar-refractivity contribution < 1.29 is 12.8 Å². The van der Waals surface area contributed by atoms with Crippen molar-refractivity contribution in [3.8, 4) is 0 Å². The van der Waals surface area contributed by atoms with E-state index >= 15 is 0 Å². The van der Waals surface area contributed by atoms with Crippen LogP contribution in [0.25, 0.3) is 11.1 Å². The monoisotopic (exact) mass is 337 g/mol. The second kappa shape index (κ2) is 6.22. The summed E-state index contributed by atoms with van der Waals surface area (Å²) in [5.41, 5.74) is 1.60. The van der Waals surface area contributed by atoms with Crippen molar-refractivity contribution >= 4 is 21.1 Å². The van der Waals surface area contributed by atoms with Gasteiger partial charge in [0.25, 0.3) is 0 Å². The molecule has 7 heteroatoms. The number of hydrogen-bond donors (Lipinski definition) is 1. The van der Waals surface area contributed by atoms with Gasteiger partial charge in [0.05, 0.1) is 11.3 Å². The van der Waals surface area contributed by atoms with E-state index in [0.717, 1.165) is 17.6 Å². The molecule has 2 aromatic rings. The Morgan fingerprint density at radius 2 is 2.04 bits per heavy atom. The summed E-state index contributed by atoms with van der Waals surface area (Å²) in [5, 5.41) is -0.378. The molecule has 3 rings (SSSR count). The molecule has 1 aliphatic heterocycles. The molecule has 126 valence electrons. The first-order chi connectivity index (χ1) is 10.9. The van der Waals surface area contributed by atoms with E-state index in [2.05, 4.69) is 14.6 Å². The maximum absolute atomic E-state index is 12.3. The average molecular weight is 337 g/mol. The van der Waals surface area contributed by atoms with Crippen LogP contribution in [0.5, 0.6) is 0 Å². The molecule has 2 atom stereocenters. The lowest BCUT2D eigenvalue weighted by Crippen LogP contribution is -2.40. The number of benzene rings is 1. The summed E-state index contributed by atoms with van der Waals surface area (Å²) in [6.45, 7) is 6.91. The van der Waals surface area contributed by atoms with Gasteiger partial charge < -0.3 is 4.42 Å². The molecule has 0 aliphatic carbocycles. The summed E-state index contributed by atoms with van der Waals surface area (Å²) in [4.78, 5) is 6.64. The van der Waals surface area contributed by atoms with E-state index in [1.54, 1.807) is 0 Å². The Balaban J connectivity index is 1.73. The minimum absolute atomic E-state index is 0.0401. The van der Waals surface area contributed by atoms with E-state index in [0.29, 0.717) is 18.9 Å². The first-order valence-corrected chi connectivity index (χ1v) is 9.52. The van der Waals surface area contributed by atoms with Gasteiger partial charge in [-0.05, 0) is 39.3 Å². The third-order valence-corrected chi connectivity index (χ3v) is 6.29. The fourth-order valence-electron chi connectivity index (χ4n) is 3.01. The zero-order chi connectivity index (χ0) is 16.6. The highest BCUT2D eigenvalue weighted by molar-refractivity contribution is 7.90. The van der Waals surface area contributed by atoms with Gasteiger partial charge in [0, 0.05) is 19.1 Å². The SMILES string of the molecule is CC(C)NS(=O)(=O)[C@@H]1CCN([C@@H](C)c2nc3ccccc3o2)C1. The zero-order valence-corrected chi connectivity index (χ0v) is 14.5. The maximum atomic E-state index is 12.3. The molecule has 6 nitrogen and oxygen atoms in total. The highest BCUT2D eigenvalue weighted by Crippen LogP contribution is 2.28. The van der Waals surface area contributed by atoms with Crippen molar-refractivity contribution in [3.63, 3.8) is 0 Å². The normalized spacial score (nSPS) is 21.3. The number of hydrogen-bond acceptors (Lipinski definition) is 5. The topological polar surface area (TPSA) is 75.4 Å². The van der Waals surface area contributed by atoms with Crippen LogP contribution in [-0.4, -0.2) is 42.7 Å². The standard InChI is InChI=1S/C16H23N3O3S/c1-11(2)18-23(20,21)13-8-9-19(10-13)12(3)16-17-14-6-4-5-7-15(14)22-16/h4-7,11-13,18H,8-10H2,1-3H3/t12-,13+/m0/s1. The smallest absolute Gasteiger partial charge is 0.216 e. The number of oxazole rings is 1. The second-order valence-electron chi connectivity index (χ2n) is 6.42. The minimum Gasteiger partial charge on any atom is -0.439 e. The summed E-state index contributed by atoms with van der Waals surface area (Å²) >= 11 is 0. The molecule has 0 bridgehead atoms. The number of rotatable bonds is 5. The predicted octanol–water partition coefficient (Wildman–Crippen LogP) is 2.29. The van der Waals surface area contributed by atoms with Crippen LogP contribution in [0.4, 0.5) is 0 Å². The molecule has 2 heterocycles. The summed E-state index contributed by atoms with van der Waals surface area (Å²) in [5.74, 6) is 0.640. The minimum atomic E-state index is -3.28. The Labute approximate surface area is 136 Å². The summed E-state index contributed by atoms with van der Waals surface area (Å²) in [7, 11) is -3.28. The Morgan fingerprint density at radius 3 is 2.74 bits per heavy atom. The Kier molecular flexibility index (Phi) is 4.44. The zero-order valence-electron chi connectivity index (χ0n) is 13.7. The molecule has 1 aromatic heterocycles. The lowest BCUT2D eigenvalue weighted by molar-refractivity contribution is 0.228. The lowest BCUT2D eigenvalue weighted by Gasteiger charge is -2.21. The third-order valence-electron chi connectivity index (χ3n) is 4.23. The van der Waals surface area contributed by atoms with Gasteiger partial charge in [-0.3, -0.25) is 4.90 Å². The van der Waals surface area contributed by atoms with E-state index in [1.807, 2.05) is 45.0 Å². The summed E-state index contributed by atoms with van der Waals surface area (Å²) in [6.07, 6.45) is 0.632. The molecule has 0 amide bonds. The number of likely N-dealkylation sites (tertiary alicyclic amines) is 1. The Morgan fingerprint density at radius 1 is 1.30 bits per heavy atom. The molecule has 1 saturated heterocycles. The van der Waals surface area contributed by atoms with Crippen molar-refractivity contribution in [2.24, 2.45) is 0 Å². The number of para-hydroxylation sites is 2. The maximum Gasteiger partial charge on any atom is 0.216 e. The van der Waals surface area contributed by atoms with Crippen LogP contribution in [-0.2, 0) is 10.0 Å². The van der Waals surface area contributed by atoms with Crippen LogP contribution in [0.1, 0.15) is 39.1 Å². The predicted molar refractivity (Wildman–Crippen MR) is 89.6 cm³/mol. The fraction of sp³-hybridized carbons (Fsp3) is 0.562. The van der Waals surface area contributed by atoms with E-state index < -0.39 is 10.0 Å². The molecule has 1 fully saturated rings. The van der Waals surface area contributed by atoms with Crippen molar-refractivity contribution in [3.05, 3.63) is 30.2 Å². The number of sulfonamides is 1. The van der Waals surface area contributed by atoms with Crippen molar-refractivity contribution in [1.29, 1.82) is 0 Å². The molecular formula is C16H23N3O3S. The molecule has 23 heavy (non-hydrogen) atoms. The van der Waals surface area contributed by atoms with Crippen molar-refractivity contribution in [2.75, 3.05) is 13.1 Å². The molecule has 0 radical (unpaired) electrons. The van der Waals surface area contributed by atoms with E-state index in [-0.39, 0.29) is 17.3 Å². The third kappa shape index (κ3) is 3.41. The average Bonchev–Trinajstić information content (AvgIpc) is 3.12. The first kappa shape index (κ1) is 16.4. The van der Waals surface area contributed by atoms with Crippen LogP contribution < -0.4 is 4.72 Å². The van der Waals surface area contributed by atoms with E-state index in [9.17, 15) is 8.42 Å². The number of nitrogens with zero attached hydrogens (tertiary/aromatic N) is 2. The van der Waals surface area contributed by atoms with Gasteiger partial charge in [-0.1, -0.05) is 12.1 Å². The van der Waals surface area contributed by atoms with E-state index in [1.165, 1.54) is 0 Å². The molecule has 0 spiro atoms. The summed E-state index contributed by atoms with van der Waals surface area (Å²) < 4.78 is 33.1. The van der Waals surface area contributed by atoms with Crippen LogP contribution in [0, 0.1) is 0 Å². The number of nitrogens with one attached hydrogen (secondary N) is 1. The Bertz CT molecular complexity index is 752. The van der Waals surface area contributed by atoms with Gasteiger partial charge in [-0.2, -0.15) is 0 Å². The van der Waals surface area contributed by atoms with Gasteiger partial charge in [0.1, 0.15) is 5.52 Å². The molecule has 0 saturated carbocycles. The fourth-order valence-corrected chi connectivity index (χ4v) is 4.66. The highest BCUT2D eigenvalue weighted by atomic mass is 32.2.